The molecule has 1 aliphatic heterocycles. The van der Waals surface area contributed by atoms with Crippen molar-refractivity contribution in [3.8, 4) is 0 Å². The molecule has 1 fully saturated rings. The number of carboxylic acid groups (broad SMARTS) is 1. The summed E-state index contributed by atoms with van der Waals surface area (Å²) in [5.74, 6) is -1.09. The quantitative estimate of drug-likeness (QED) is 0.878. The Bertz CT molecular complexity index is 517. The van der Waals surface area contributed by atoms with Gasteiger partial charge in [-0.15, -0.1) is 0 Å². The summed E-state index contributed by atoms with van der Waals surface area (Å²) in [5, 5.41) is 11.5. The average Bonchev–Trinajstić information content (AvgIpc) is 2.48. The third-order valence-corrected chi connectivity index (χ3v) is 3.77. The van der Waals surface area contributed by atoms with Crippen LogP contribution in [0.3, 0.4) is 0 Å². The third-order valence-electron chi connectivity index (χ3n) is 3.77. The summed E-state index contributed by atoms with van der Waals surface area (Å²) in [6.45, 7) is 4.33. The zero-order chi connectivity index (χ0) is 15.4. The number of carbonyl (C=O) groups excluding carboxylic acids is 1. The van der Waals surface area contributed by atoms with Gasteiger partial charge in [-0.1, -0.05) is 6.92 Å². The first-order valence-electron chi connectivity index (χ1n) is 6.96. The van der Waals surface area contributed by atoms with Gasteiger partial charge in [0, 0.05) is 25.7 Å². The van der Waals surface area contributed by atoms with Crippen molar-refractivity contribution in [1.29, 1.82) is 0 Å². The fraction of sp³-hybridized carbons (Fsp3) is 0.500. The van der Waals surface area contributed by atoms with Gasteiger partial charge in [0.15, 0.2) is 0 Å². The lowest BCUT2D eigenvalue weighted by Crippen LogP contribution is -2.54. The van der Waals surface area contributed by atoms with E-state index in [0.717, 1.165) is 13.0 Å². The Labute approximate surface area is 123 Å². The van der Waals surface area contributed by atoms with Crippen molar-refractivity contribution in [3.63, 3.8) is 0 Å². The van der Waals surface area contributed by atoms with Gasteiger partial charge in [0.25, 0.3) is 0 Å². The Kier molecular flexibility index (Phi) is 4.74. The number of hydrogen-bond donors (Lipinski definition) is 2. The molecule has 1 saturated heterocycles. The van der Waals surface area contributed by atoms with Crippen LogP contribution >= 0.6 is 0 Å². The maximum absolute atomic E-state index is 12.2. The van der Waals surface area contributed by atoms with E-state index in [9.17, 15) is 9.59 Å². The first-order chi connectivity index (χ1) is 10.0. The zero-order valence-corrected chi connectivity index (χ0v) is 12.2. The Morgan fingerprint density at radius 1 is 1.43 bits per heavy atom. The molecule has 1 aromatic heterocycles. The fourth-order valence-corrected chi connectivity index (χ4v) is 2.37. The SMILES string of the molecule is CCC1CN(C(=O)Nc2ccc(C(=O)O)nc2)CCN1C. The van der Waals surface area contributed by atoms with Crippen LogP contribution in [0.5, 0.6) is 0 Å². The number of anilines is 1. The van der Waals surface area contributed by atoms with Gasteiger partial charge in [-0.25, -0.2) is 14.6 Å². The van der Waals surface area contributed by atoms with Gasteiger partial charge in [0.2, 0.25) is 0 Å². The molecule has 114 valence electrons. The van der Waals surface area contributed by atoms with E-state index in [1.807, 2.05) is 0 Å². The molecule has 2 N–H and O–H groups in total. The summed E-state index contributed by atoms with van der Waals surface area (Å²) in [7, 11) is 2.07. The number of aromatic carboxylic acids is 1. The minimum atomic E-state index is -1.09. The largest absolute Gasteiger partial charge is 0.477 e. The van der Waals surface area contributed by atoms with E-state index in [-0.39, 0.29) is 11.7 Å². The molecule has 2 heterocycles. The molecule has 0 spiro atoms. The molecule has 0 aliphatic carbocycles. The molecular weight excluding hydrogens is 272 g/mol. The van der Waals surface area contributed by atoms with Gasteiger partial charge in [0.05, 0.1) is 11.9 Å². The predicted molar refractivity (Wildman–Crippen MR) is 78.5 cm³/mol. The minimum absolute atomic E-state index is 0.0429. The molecule has 2 amide bonds. The maximum Gasteiger partial charge on any atom is 0.354 e. The molecular formula is C14H20N4O3. The van der Waals surface area contributed by atoms with E-state index < -0.39 is 5.97 Å². The molecule has 7 heteroatoms. The highest BCUT2D eigenvalue weighted by Crippen LogP contribution is 2.13. The van der Waals surface area contributed by atoms with Crippen LogP contribution in [-0.4, -0.2) is 64.6 Å². The topological polar surface area (TPSA) is 85.8 Å². The number of amides is 2. The van der Waals surface area contributed by atoms with Gasteiger partial charge in [0.1, 0.15) is 5.69 Å². The highest BCUT2D eigenvalue weighted by Gasteiger charge is 2.26. The minimum Gasteiger partial charge on any atom is -0.477 e. The van der Waals surface area contributed by atoms with E-state index in [1.165, 1.54) is 12.3 Å². The molecule has 1 aliphatic rings. The van der Waals surface area contributed by atoms with Crippen molar-refractivity contribution < 1.29 is 14.7 Å². The van der Waals surface area contributed by atoms with Gasteiger partial charge in [-0.2, -0.15) is 0 Å². The number of nitrogens with one attached hydrogen (secondary N) is 1. The number of rotatable bonds is 3. The summed E-state index contributed by atoms with van der Waals surface area (Å²) in [4.78, 5) is 30.7. The van der Waals surface area contributed by atoms with E-state index in [0.29, 0.717) is 24.8 Å². The molecule has 0 saturated carbocycles. The molecule has 1 atom stereocenters. The first-order valence-corrected chi connectivity index (χ1v) is 6.96. The number of carboxylic acids is 1. The van der Waals surface area contributed by atoms with Crippen molar-refractivity contribution in [1.82, 2.24) is 14.8 Å². The van der Waals surface area contributed by atoms with E-state index >= 15 is 0 Å². The van der Waals surface area contributed by atoms with Crippen LogP contribution in [0.15, 0.2) is 18.3 Å². The number of likely N-dealkylation sites (N-methyl/N-ethyl adjacent to an activating group) is 1. The van der Waals surface area contributed by atoms with E-state index in [2.05, 4.69) is 29.2 Å². The van der Waals surface area contributed by atoms with Crippen LogP contribution in [0, 0.1) is 0 Å². The normalized spacial score (nSPS) is 19.3. The highest BCUT2D eigenvalue weighted by atomic mass is 16.4. The monoisotopic (exact) mass is 292 g/mol. The summed E-state index contributed by atoms with van der Waals surface area (Å²) >= 11 is 0. The van der Waals surface area contributed by atoms with Crippen molar-refractivity contribution in [2.75, 3.05) is 32.0 Å². The third kappa shape index (κ3) is 3.69. The van der Waals surface area contributed by atoms with E-state index in [1.54, 1.807) is 11.0 Å². The molecule has 7 nitrogen and oxygen atoms in total. The molecule has 0 aromatic carbocycles. The Balaban J connectivity index is 1.96. The van der Waals surface area contributed by atoms with Crippen LogP contribution in [0.1, 0.15) is 23.8 Å². The number of carbonyl (C=O) groups is 2. The van der Waals surface area contributed by atoms with Crippen molar-refractivity contribution in [2.45, 2.75) is 19.4 Å². The number of hydrogen-bond acceptors (Lipinski definition) is 4. The first kappa shape index (κ1) is 15.2. The van der Waals surface area contributed by atoms with Crippen molar-refractivity contribution in [2.24, 2.45) is 0 Å². The smallest absolute Gasteiger partial charge is 0.354 e. The highest BCUT2D eigenvalue weighted by molar-refractivity contribution is 5.90. The summed E-state index contributed by atoms with van der Waals surface area (Å²) in [6, 6.07) is 3.11. The summed E-state index contributed by atoms with van der Waals surface area (Å²) in [6.07, 6.45) is 2.35. The Hall–Kier alpha value is -2.15. The lowest BCUT2D eigenvalue weighted by molar-refractivity contribution is 0.0690. The second-order valence-corrected chi connectivity index (χ2v) is 5.16. The molecule has 1 unspecified atom stereocenters. The maximum atomic E-state index is 12.2. The molecule has 0 bridgehead atoms. The molecule has 1 aromatic rings. The average molecular weight is 292 g/mol. The van der Waals surface area contributed by atoms with Gasteiger partial charge < -0.3 is 15.3 Å². The van der Waals surface area contributed by atoms with Crippen LogP contribution < -0.4 is 5.32 Å². The number of nitrogens with zero attached hydrogens (tertiary/aromatic N) is 3. The summed E-state index contributed by atoms with van der Waals surface area (Å²) < 4.78 is 0. The lowest BCUT2D eigenvalue weighted by atomic mass is 10.1. The number of urea groups is 1. The van der Waals surface area contributed by atoms with Crippen LogP contribution in [0.25, 0.3) is 0 Å². The van der Waals surface area contributed by atoms with Crippen LogP contribution in [-0.2, 0) is 0 Å². The second kappa shape index (κ2) is 6.53. The van der Waals surface area contributed by atoms with E-state index in [4.69, 9.17) is 5.11 Å². The summed E-state index contributed by atoms with van der Waals surface area (Å²) in [5.41, 5.74) is 0.454. The zero-order valence-electron chi connectivity index (χ0n) is 12.2. The standard InChI is InChI=1S/C14H20N4O3/c1-3-11-9-18(7-6-17(11)2)14(21)16-10-4-5-12(13(19)20)15-8-10/h4-5,8,11H,3,6-7,9H2,1-2H3,(H,16,21)(H,19,20). The number of piperazine rings is 1. The Morgan fingerprint density at radius 3 is 2.76 bits per heavy atom. The Morgan fingerprint density at radius 2 is 2.19 bits per heavy atom. The molecule has 2 rings (SSSR count). The molecule has 21 heavy (non-hydrogen) atoms. The lowest BCUT2D eigenvalue weighted by Gasteiger charge is -2.38. The van der Waals surface area contributed by atoms with Crippen molar-refractivity contribution in [3.05, 3.63) is 24.0 Å². The van der Waals surface area contributed by atoms with Crippen LogP contribution in [0.4, 0.5) is 10.5 Å². The van der Waals surface area contributed by atoms with Gasteiger partial charge in [-0.05, 0) is 25.6 Å². The second-order valence-electron chi connectivity index (χ2n) is 5.16. The number of aromatic nitrogens is 1. The van der Waals surface area contributed by atoms with Crippen LogP contribution in [0.2, 0.25) is 0 Å². The van der Waals surface area contributed by atoms with Crippen molar-refractivity contribution >= 4 is 17.7 Å². The van der Waals surface area contributed by atoms with Gasteiger partial charge in [-0.3, -0.25) is 4.90 Å². The fourth-order valence-electron chi connectivity index (χ4n) is 2.37. The van der Waals surface area contributed by atoms with Gasteiger partial charge >= 0.3 is 12.0 Å². The number of pyridine rings is 1. The predicted octanol–water partition coefficient (Wildman–Crippen LogP) is 1.34. The molecule has 0 radical (unpaired) electrons.